The van der Waals surface area contributed by atoms with Gasteiger partial charge in [-0.1, -0.05) is 17.7 Å². The van der Waals surface area contributed by atoms with E-state index < -0.39 is 28.0 Å². The van der Waals surface area contributed by atoms with E-state index in [0.29, 0.717) is 5.69 Å². The Morgan fingerprint density at radius 2 is 1.96 bits per heavy atom. The van der Waals surface area contributed by atoms with E-state index in [1.807, 2.05) is 0 Å². The van der Waals surface area contributed by atoms with Gasteiger partial charge in [0.25, 0.3) is 5.91 Å². The topological polar surface area (TPSA) is 114 Å². The van der Waals surface area contributed by atoms with Crippen LogP contribution in [-0.4, -0.2) is 37.6 Å². The van der Waals surface area contributed by atoms with Crippen molar-refractivity contribution in [3.05, 3.63) is 53.3 Å². The first kappa shape index (κ1) is 19.7. The maximum atomic E-state index is 12.2. The van der Waals surface area contributed by atoms with Crippen LogP contribution in [0.3, 0.4) is 0 Å². The van der Waals surface area contributed by atoms with Gasteiger partial charge in [0.05, 0.1) is 17.5 Å². The average molecular weight is 398 g/mol. The number of hydrogen-bond donors (Lipinski definition) is 2. The predicted molar refractivity (Wildman–Crippen MR) is 97.7 cm³/mol. The molecule has 2 aromatic rings. The van der Waals surface area contributed by atoms with Crippen molar-refractivity contribution in [2.75, 3.05) is 16.3 Å². The summed E-state index contributed by atoms with van der Waals surface area (Å²) in [5, 5.41) is 2.62. The van der Waals surface area contributed by atoms with Crippen molar-refractivity contribution < 1.29 is 22.7 Å². The van der Waals surface area contributed by atoms with Gasteiger partial charge in [-0.2, -0.15) is 0 Å². The first-order chi connectivity index (χ1) is 12.2. The first-order valence-electron chi connectivity index (χ1n) is 7.36. The molecule has 0 saturated heterocycles. The number of nitrogens with one attached hydrogen (secondary N) is 2. The lowest BCUT2D eigenvalue weighted by molar-refractivity contribution is -0.123. The van der Waals surface area contributed by atoms with Gasteiger partial charge in [-0.05, 0) is 37.3 Å². The summed E-state index contributed by atoms with van der Waals surface area (Å²) in [6.07, 6.45) is 1.36. The van der Waals surface area contributed by atoms with Crippen LogP contribution in [0.1, 0.15) is 17.3 Å². The zero-order valence-electron chi connectivity index (χ0n) is 13.9. The number of benzene rings is 1. The molecule has 0 spiro atoms. The summed E-state index contributed by atoms with van der Waals surface area (Å²) >= 11 is 5.86. The minimum Gasteiger partial charge on any atom is -0.449 e. The van der Waals surface area contributed by atoms with Crippen LogP contribution in [0.25, 0.3) is 0 Å². The number of nitrogens with zero attached hydrogens (tertiary/aromatic N) is 1. The molecule has 10 heteroatoms. The van der Waals surface area contributed by atoms with E-state index in [-0.39, 0.29) is 16.4 Å². The standard InChI is InChI=1S/C16H16ClN3O5S/c1-10(15(21)19-13-7-4-8-18-14(13)17)25-16(22)11-5-3-6-12(9-11)20-26(2,23)24/h3-10,20H,1-2H3,(H,19,21)/t10-/m0/s1. The van der Waals surface area contributed by atoms with Crippen LogP contribution in [0.15, 0.2) is 42.6 Å². The summed E-state index contributed by atoms with van der Waals surface area (Å²) in [6.45, 7) is 1.40. The predicted octanol–water partition coefficient (Wildman–Crippen LogP) is 2.29. The van der Waals surface area contributed by atoms with Gasteiger partial charge in [-0.15, -0.1) is 0 Å². The van der Waals surface area contributed by atoms with Gasteiger partial charge in [0.1, 0.15) is 0 Å². The van der Waals surface area contributed by atoms with Gasteiger partial charge in [-0.25, -0.2) is 18.2 Å². The third-order valence-electron chi connectivity index (χ3n) is 3.07. The Bertz CT molecular complexity index is 933. The molecule has 1 aromatic carbocycles. The molecular weight excluding hydrogens is 382 g/mol. The molecule has 8 nitrogen and oxygen atoms in total. The van der Waals surface area contributed by atoms with Crippen molar-refractivity contribution in [1.29, 1.82) is 0 Å². The van der Waals surface area contributed by atoms with Gasteiger partial charge in [0.15, 0.2) is 11.3 Å². The highest BCUT2D eigenvalue weighted by molar-refractivity contribution is 7.92. The number of hydrogen-bond acceptors (Lipinski definition) is 6. The summed E-state index contributed by atoms with van der Waals surface area (Å²) in [6, 6.07) is 8.88. The zero-order valence-corrected chi connectivity index (χ0v) is 15.5. The highest BCUT2D eigenvalue weighted by Gasteiger charge is 2.20. The highest BCUT2D eigenvalue weighted by atomic mass is 35.5. The highest BCUT2D eigenvalue weighted by Crippen LogP contribution is 2.18. The molecule has 1 aromatic heterocycles. The van der Waals surface area contributed by atoms with E-state index in [9.17, 15) is 18.0 Å². The molecule has 1 heterocycles. The third-order valence-corrected chi connectivity index (χ3v) is 3.98. The number of ether oxygens (including phenoxy) is 1. The van der Waals surface area contributed by atoms with Gasteiger partial charge < -0.3 is 10.1 Å². The van der Waals surface area contributed by atoms with Crippen molar-refractivity contribution in [3.8, 4) is 0 Å². The Hall–Kier alpha value is -2.65. The second-order valence-corrected chi connectivity index (χ2v) is 7.44. The molecule has 2 rings (SSSR count). The number of carbonyl (C=O) groups excluding carboxylic acids is 2. The van der Waals surface area contributed by atoms with E-state index >= 15 is 0 Å². The molecule has 0 radical (unpaired) electrons. The van der Waals surface area contributed by atoms with Crippen molar-refractivity contribution in [1.82, 2.24) is 4.98 Å². The Morgan fingerprint density at radius 1 is 1.23 bits per heavy atom. The van der Waals surface area contributed by atoms with Gasteiger partial charge in [0.2, 0.25) is 10.0 Å². The van der Waals surface area contributed by atoms with Crippen molar-refractivity contribution in [2.24, 2.45) is 0 Å². The summed E-state index contributed by atoms with van der Waals surface area (Å²) in [4.78, 5) is 28.1. The first-order valence-corrected chi connectivity index (χ1v) is 9.63. The molecule has 0 aliphatic carbocycles. The van der Waals surface area contributed by atoms with Crippen LogP contribution in [-0.2, 0) is 19.6 Å². The monoisotopic (exact) mass is 397 g/mol. The fraction of sp³-hybridized carbons (Fsp3) is 0.188. The molecule has 1 amide bonds. The molecule has 2 N–H and O–H groups in total. The fourth-order valence-corrected chi connectivity index (χ4v) is 2.64. The minimum absolute atomic E-state index is 0.0951. The van der Waals surface area contributed by atoms with Crippen molar-refractivity contribution >= 4 is 44.9 Å². The second kappa shape index (κ2) is 8.15. The lowest BCUT2D eigenvalue weighted by atomic mass is 10.2. The Labute approximate surface area is 155 Å². The Balaban J connectivity index is 2.03. The number of esters is 1. The normalized spacial score (nSPS) is 12.1. The number of amides is 1. The fourth-order valence-electron chi connectivity index (χ4n) is 1.92. The van der Waals surface area contributed by atoms with Crippen molar-refractivity contribution in [3.63, 3.8) is 0 Å². The molecule has 0 aliphatic rings. The molecular formula is C16H16ClN3O5S. The molecule has 26 heavy (non-hydrogen) atoms. The van der Waals surface area contributed by atoms with Crippen LogP contribution in [0.4, 0.5) is 11.4 Å². The molecule has 0 bridgehead atoms. The molecule has 0 unspecified atom stereocenters. The summed E-state index contributed by atoms with van der Waals surface area (Å²) in [7, 11) is -3.48. The van der Waals surface area contributed by atoms with Crippen LogP contribution in [0.5, 0.6) is 0 Å². The molecule has 0 saturated carbocycles. The lowest BCUT2D eigenvalue weighted by Gasteiger charge is -2.14. The second-order valence-electron chi connectivity index (χ2n) is 5.33. The largest absolute Gasteiger partial charge is 0.449 e. The number of aromatic nitrogens is 1. The molecule has 1 atom stereocenters. The number of sulfonamides is 1. The number of halogens is 1. The maximum Gasteiger partial charge on any atom is 0.338 e. The number of rotatable bonds is 6. The maximum absolute atomic E-state index is 12.2. The Kier molecular flexibility index (Phi) is 6.17. The quantitative estimate of drug-likeness (QED) is 0.571. The number of anilines is 2. The van der Waals surface area contributed by atoms with E-state index in [0.717, 1.165) is 6.26 Å². The summed E-state index contributed by atoms with van der Waals surface area (Å²) in [5.74, 6) is -1.36. The molecule has 0 fully saturated rings. The number of pyridine rings is 1. The van der Waals surface area contributed by atoms with Gasteiger partial charge in [0, 0.05) is 11.9 Å². The molecule has 138 valence electrons. The van der Waals surface area contributed by atoms with Crippen LogP contribution < -0.4 is 10.0 Å². The van der Waals surface area contributed by atoms with E-state index in [1.165, 1.54) is 37.4 Å². The SMILES string of the molecule is C[C@H](OC(=O)c1cccc(NS(C)(=O)=O)c1)C(=O)Nc1cccnc1Cl. The van der Waals surface area contributed by atoms with E-state index in [1.54, 1.807) is 12.1 Å². The van der Waals surface area contributed by atoms with Crippen LogP contribution in [0, 0.1) is 0 Å². The van der Waals surface area contributed by atoms with Crippen LogP contribution >= 0.6 is 11.6 Å². The smallest absolute Gasteiger partial charge is 0.338 e. The van der Waals surface area contributed by atoms with Gasteiger partial charge >= 0.3 is 5.97 Å². The van der Waals surface area contributed by atoms with Crippen LogP contribution in [0.2, 0.25) is 5.15 Å². The summed E-state index contributed by atoms with van der Waals surface area (Å²) < 4.78 is 29.9. The minimum atomic E-state index is -3.48. The average Bonchev–Trinajstić information content (AvgIpc) is 2.55. The zero-order chi connectivity index (χ0) is 19.3. The van der Waals surface area contributed by atoms with E-state index in [2.05, 4.69) is 15.0 Å². The van der Waals surface area contributed by atoms with Crippen molar-refractivity contribution in [2.45, 2.75) is 13.0 Å². The van der Waals surface area contributed by atoms with Gasteiger partial charge in [-0.3, -0.25) is 9.52 Å². The van der Waals surface area contributed by atoms with E-state index in [4.69, 9.17) is 16.3 Å². The molecule has 0 aliphatic heterocycles. The lowest BCUT2D eigenvalue weighted by Crippen LogP contribution is -2.30. The summed E-state index contributed by atoms with van der Waals surface area (Å²) in [5.41, 5.74) is 0.598. The number of carbonyl (C=O) groups is 2. The Morgan fingerprint density at radius 3 is 2.62 bits per heavy atom. The third kappa shape index (κ3) is 5.71.